The summed E-state index contributed by atoms with van der Waals surface area (Å²) in [5.74, 6) is 6.06. The van der Waals surface area contributed by atoms with Crippen LogP contribution < -0.4 is 5.73 Å². The van der Waals surface area contributed by atoms with E-state index in [-0.39, 0.29) is 22.7 Å². The Labute approximate surface area is 141 Å². The topological polar surface area (TPSA) is 76.1 Å². The summed E-state index contributed by atoms with van der Waals surface area (Å²) in [6.07, 6.45) is 1.02. The lowest BCUT2D eigenvalue weighted by molar-refractivity contribution is -0.119. The number of carbonyl (C=O) groups is 1. The molecule has 1 atom stereocenters. The van der Waals surface area contributed by atoms with E-state index in [0.29, 0.717) is 24.2 Å². The minimum Gasteiger partial charge on any atom is -0.444 e. The number of carbonyl (C=O) groups excluding carboxylic acids is 1. The van der Waals surface area contributed by atoms with Gasteiger partial charge in [0.05, 0.1) is 11.5 Å². The average molecular weight is 318 g/mol. The average Bonchev–Trinajstić information content (AvgIpc) is 2.51. The van der Waals surface area contributed by atoms with Crippen LogP contribution in [-0.2, 0) is 9.53 Å². The van der Waals surface area contributed by atoms with E-state index in [2.05, 4.69) is 17.9 Å². The first-order valence-electron chi connectivity index (χ1n) is 7.82. The van der Waals surface area contributed by atoms with Crippen LogP contribution in [0.3, 0.4) is 0 Å². The highest BCUT2D eigenvalue weighted by atomic mass is 16.5. The molecule has 2 aliphatic rings. The van der Waals surface area contributed by atoms with Gasteiger partial charge in [0, 0.05) is 18.4 Å². The second-order valence-electron chi connectivity index (χ2n) is 6.84. The van der Waals surface area contributed by atoms with Gasteiger partial charge in [0.25, 0.3) is 0 Å². The number of ether oxygens (including phenoxy) is 1. The highest BCUT2D eigenvalue weighted by molar-refractivity contribution is 5.99. The summed E-state index contributed by atoms with van der Waals surface area (Å²) in [5, 5.41) is 9.44. The van der Waals surface area contributed by atoms with E-state index in [0.717, 1.165) is 5.56 Å². The summed E-state index contributed by atoms with van der Waals surface area (Å²) >= 11 is 0. The molecule has 0 saturated carbocycles. The second-order valence-corrected chi connectivity index (χ2v) is 6.84. The van der Waals surface area contributed by atoms with Crippen molar-refractivity contribution < 1.29 is 9.53 Å². The largest absolute Gasteiger partial charge is 0.444 e. The van der Waals surface area contributed by atoms with Crippen LogP contribution in [0.5, 0.6) is 0 Å². The number of ketones is 1. The smallest absolute Gasteiger partial charge is 0.205 e. The molecule has 0 fully saturated rings. The predicted octanol–water partition coefficient (Wildman–Crippen LogP) is 3.02. The Hall–Kier alpha value is -2.98. The molecule has 4 heteroatoms. The van der Waals surface area contributed by atoms with Gasteiger partial charge in [-0.2, -0.15) is 5.26 Å². The van der Waals surface area contributed by atoms with Crippen LogP contribution >= 0.6 is 0 Å². The fraction of sp³-hybridized carbons (Fsp3) is 0.300. The minimum atomic E-state index is -0.623. The summed E-state index contributed by atoms with van der Waals surface area (Å²) in [6.45, 7) is 4.03. The van der Waals surface area contributed by atoms with Gasteiger partial charge in [0.1, 0.15) is 17.4 Å². The Kier molecular flexibility index (Phi) is 3.91. The number of nitriles is 1. The molecule has 1 aliphatic carbocycles. The fourth-order valence-corrected chi connectivity index (χ4v) is 3.11. The van der Waals surface area contributed by atoms with Gasteiger partial charge in [-0.25, -0.2) is 0 Å². The van der Waals surface area contributed by atoms with Gasteiger partial charge in [-0.15, -0.1) is 0 Å². The molecular weight excluding hydrogens is 300 g/mol. The Morgan fingerprint density at radius 2 is 1.96 bits per heavy atom. The van der Waals surface area contributed by atoms with Crippen molar-refractivity contribution in [2.45, 2.75) is 26.7 Å². The van der Waals surface area contributed by atoms with Crippen molar-refractivity contribution in [3.8, 4) is 17.9 Å². The number of hydrogen-bond acceptors (Lipinski definition) is 4. The molecule has 0 amide bonds. The van der Waals surface area contributed by atoms with Gasteiger partial charge in [-0.1, -0.05) is 43.9 Å². The monoisotopic (exact) mass is 318 g/mol. The maximum atomic E-state index is 12.7. The SMILES string of the molecule is CC1(C)CC(=O)C2=C(C1)OC(N)=C(C#N)[C@@H]2C#Cc1ccccc1. The number of nitrogens with two attached hydrogens (primary N) is 1. The molecule has 0 unspecified atom stereocenters. The molecular formula is C20H18N2O2. The third kappa shape index (κ3) is 2.92. The third-order valence-corrected chi connectivity index (χ3v) is 4.21. The normalized spacial score (nSPS) is 22.0. The van der Waals surface area contributed by atoms with Crippen molar-refractivity contribution in [1.29, 1.82) is 5.26 Å². The van der Waals surface area contributed by atoms with Crippen molar-refractivity contribution in [2.75, 3.05) is 0 Å². The molecule has 1 heterocycles. The molecule has 0 aromatic heterocycles. The van der Waals surface area contributed by atoms with Crippen LogP contribution in [0.2, 0.25) is 0 Å². The highest BCUT2D eigenvalue weighted by Gasteiger charge is 2.41. The molecule has 4 nitrogen and oxygen atoms in total. The molecule has 1 aliphatic heterocycles. The van der Waals surface area contributed by atoms with E-state index in [4.69, 9.17) is 10.5 Å². The van der Waals surface area contributed by atoms with Crippen molar-refractivity contribution in [1.82, 2.24) is 0 Å². The summed E-state index contributed by atoms with van der Waals surface area (Å²) in [6, 6.07) is 11.5. The molecule has 3 rings (SSSR count). The molecule has 0 spiro atoms. The molecule has 1 aromatic rings. The van der Waals surface area contributed by atoms with Crippen LogP contribution in [0.15, 0.2) is 53.1 Å². The van der Waals surface area contributed by atoms with Gasteiger partial charge >= 0.3 is 0 Å². The Bertz CT molecular complexity index is 858. The first-order valence-corrected chi connectivity index (χ1v) is 7.82. The summed E-state index contributed by atoms with van der Waals surface area (Å²) in [4.78, 5) is 12.7. The van der Waals surface area contributed by atoms with E-state index in [9.17, 15) is 10.1 Å². The van der Waals surface area contributed by atoms with E-state index < -0.39 is 5.92 Å². The lowest BCUT2D eigenvalue weighted by Gasteiger charge is -2.35. The zero-order chi connectivity index (χ0) is 17.3. The highest BCUT2D eigenvalue weighted by Crippen LogP contribution is 2.44. The van der Waals surface area contributed by atoms with Crippen molar-refractivity contribution in [3.63, 3.8) is 0 Å². The zero-order valence-electron chi connectivity index (χ0n) is 13.7. The Morgan fingerprint density at radius 1 is 1.25 bits per heavy atom. The molecule has 120 valence electrons. The predicted molar refractivity (Wildman–Crippen MR) is 89.8 cm³/mol. The number of rotatable bonds is 0. The van der Waals surface area contributed by atoms with Gasteiger partial charge in [0.2, 0.25) is 5.88 Å². The molecule has 2 N–H and O–H groups in total. The Morgan fingerprint density at radius 3 is 2.62 bits per heavy atom. The lowest BCUT2D eigenvalue weighted by atomic mass is 9.72. The lowest BCUT2D eigenvalue weighted by Crippen LogP contribution is -2.33. The minimum absolute atomic E-state index is 0.0196. The number of allylic oxidation sites excluding steroid dienone is 3. The van der Waals surface area contributed by atoms with Crippen LogP contribution in [0.1, 0.15) is 32.3 Å². The molecule has 0 radical (unpaired) electrons. The van der Waals surface area contributed by atoms with Gasteiger partial charge in [-0.05, 0) is 17.5 Å². The zero-order valence-corrected chi connectivity index (χ0v) is 13.7. The summed E-state index contributed by atoms with van der Waals surface area (Å²) < 4.78 is 5.61. The molecule has 0 bridgehead atoms. The maximum Gasteiger partial charge on any atom is 0.205 e. The summed E-state index contributed by atoms with van der Waals surface area (Å²) in [5.41, 5.74) is 7.26. The van der Waals surface area contributed by atoms with Crippen molar-refractivity contribution >= 4 is 5.78 Å². The Balaban J connectivity index is 2.08. The number of nitrogens with zero attached hydrogens (tertiary/aromatic N) is 1. The van der Waals surface area contributed by atoms with Crippen molar-refractivity contribution in [3.05, 3.63) is 58.7 Å². The first kappa shape index (κ1) is 15.9. The number of Topliss-reactive ketones (excluding diaryl/α,β-unsaturated/α-hetero) is 1. The van der Waals surface area contributed by atoms with Crippen molar-refractivity contribution in [2.24, 2.45) is 17.1 Å². The second kappa shape index (κ2) is 5.91. The van der Waals surface area contributed by atoms with Crippen LogP contribution in [0.4, 0.5) is 0 Å². The quantitative estimate of drug-likeness (QED) is 0.746. The van der Waals surface area contributed by atoms with Crippen LogP contribution in [0.25, 0.3) is 0 Å². The molecule has 0 saturated heterocycles. The van der Waals surface area contributed by atoms with Crippen LogP contribution in [-0.4, -0.2) is 5.78 Å². The van der Waals surface area contributed by atoms with Crippen LogP contribution in [0, 0.1) is 34.5 Å². The number of hydrogen-bond donors (Lipinski definition) is 1. The first-order chi connectivity index (χ1) is 11.4. The maximum absolute atomic E-state index is 12.7. The molecule has 24 heavy (non-hydrogen) atoms. The van der Waals surface area contributed by atoms with E-state index in [1.54, 1.807) is 0 Å². The van der Waals surface area contributed by atoms with Gasteiger partial charge in [0.15, 0.2) is 5.78 Å². The third-order valence-electron chi connectivity index (χ3n) is 4.21. The fourth-order valence-electron chi connectivity index (χ4n) is 3.11. The van der Waals surface area contributed by atoms with Gasteiger partial charge < -0.3 is 10.5 Å². The molecule has 1 aromatic carbocycles. The number of benzene rings is 1. The standard InChI is InChI=1S/C20H18N2O2/c1-20(2)10-16(23)18-14(9-8-13-6-4-3-5-7-13)15(12-21)19(22)24-17(18)11-20/h3-7,14H,10-11,22H2,1-2H3/t14-/m0/s1. The van der Waals surface area contributed by atoms with E-state index in [1.165, 1.54) is 0 Å². The van der Waals surface area contributed by atoms with Gasteiger partial charge in [-0.3, -0.25) is 4.79 Å². The van der Waals surface area contributed by atoms with E-state index >= 15 is 0 Å². The summed E-state index contributed by atoms with van der Waals surface area (Å²) in [7, 11) is 0. The van der Waals surface area contributed by atoms with E-state index in [1.807, 2.05) is 44.2 Å².